The Balaban J connectivity index is 1.43. The van der Waals surface area contributed by atoms with Crippen LogP contribution in [0.25, 0.3) is 22.6 Å². The third kappa shape index (κ3) is 4.43. The van der Waals surface area contributed by atoms with Crippen molar-refractivity contribution in [3.8, 4) is 28.5 Å². The maximum absolute atomic E-state index is 13.1. The van der Waals surface area contributed by atoms with Crippen molar-refractivity contribution in [2.24, 2.45) is 7.05 Å². The summed E-state index contributed by atoms with van der Waals surface area (Å²) in [5.41, 5.74) is 3.49. The van der Waals surface area contributed by atoms with E-state index in [9.17, 15) is 13.2 Å². The molecule has 0 unspecified atom stereocenters. The minimum atomic E-state index is -4.48. The van der Waals surface area contributed by atoms with E-state index in [4.69, 9.17) is 9.72 Å². The van der Waals surface area contributed by atoms with Gasteiger partial charge in [-0.1, -0.05) is 0 Å². The van der Waals surface area contributed by atoms with Crippen LogP contribution in [-0.4, -0.2) is 36.7 Å². The van der Waals surface area contributed by atoms with E-state index < -0.39 is 11.9 Å². The van der Waals surface area contributed by atoms with E-state index in [2.05, 4.69) is 19.4 Å². The van der Waals surface area contributed by atoms with Gasteiger partial charge in [0.05, 0.1) is 29.6 Å². The summed E-state index contributed by atoms with van der Waals surface area (Å²) in [6.07, 6.45) is -1.77. The number of nitrogens with zero attached hydrogens (tertiary/aromatic N) is 6. The summed E-state index contributed by atoms with van der Waals surface area (Å²) in [6, 6.07) is 11.3. The molecule has 0 fully saturated rings. The first-order valence-corrected chi connectivity index (χ1v) is 11.8. The van der Waals surface area contributed by atoms with E-state index in [1.54, 1.807) is 13.2 Å². The molecule has 4 aromatic rings. The van der Waals surface area contributed by atoms with E-state index in [-0.39, 0.29) is 11.9 Å². The summed E-state index contributed by atoms with van der Waals surface area (Å²) in [5.74, 6) is 1.77. The summed E-state index contributed by atoms with van der Waals surface area (Å²) < 4.78 is 48.8. The average Bonchev–Trinajstić information content (AvgIpc) is 3.39. The summed E-state index contributed by atoms with van der Waals surface area (Å²) >= 11 is 0. The van der Waals surface area contributed by atoms with Crippen molar-refractivity contribution in [2.45, 2.75) is 46.1 Å². The van der Waals surface area contributed by atoms with Gasteiger partial charge in [0.1, 0.15) is 11.6 Å². The molecule has 188 valence electrons. The number of imidazole rings is 2. The first kappa shape index (κ1) is 23.9. The van der Waals surface area contributed by atoms with Crippen molar-refractivity contribution in [1.29, 1.82) is 0 Å². The zero-order valence-corrected chi connectivity index (χ0v) is 20.5. The second-order valence-electron chi connectivity index (χ2n) is 9.16. The normalized spacial score (nSPS) is 13.8. The lowest BCUT2D eigenvalue weighted by Crippen LogP contribution is -2.34. The van der Waals surface area contributed by atoms with Crippen LogP contribution in [0.15, 0.2) is 48.8 Å². The largest absolute Gasteiger partial charge is 0.474 e. The smallest absolute Gasteiger partial charge is 0.434 e. The lowest BCUT2D eigenvalue weighted by molar-refractivity contribution is -0.140. The van der Waals surface area contributed by atoms with E-state index >= 15 is 0 Å². The first-order valence-electron chi connectivity index (χ1n) is 11.8. The van der Waals surface area contributed by atoms with E-state index in [0.29, 0.717) is 18.0 Å². The van der Waals surface area contributed by atoms with Crippen molar-refractivity contribution >= 4 is 5.69 Å². The van der Waals surface area contributed by atoms with Gasteiger partial charge in [0.2, 0.25) is 5.88 Å². The Morgan fingerprint density at radius 2 is 1.78 bits per heavy atom. The highest BCUT2D eigenvalue weighted by Gasteiger charge is 2.34. The molecule has 1 aliphatic rings. The number of aryl methyl sites for hydroxylation is 2. The van der Waals surface area contributed by atoms with E-state index in [0.717, 1.165) is 47.7 Å². The van der Waals surface area contributed by atoms with Crippen molar-refractivity contribution in [3.05, 3.63) is 66.0 Å². The molecule has 36 heavy (non-hydrogen) atoms. The standard InChI is InChI=1S/C26H27F3N6O/c1-16(2)36-25-20(6-5-11-30-25)23-21-14-34(12-13-35(21)17(3)31-23)19-9-7-18(8-10-19)24-32-22(15-33(24)4)26(27,28)29/h5-11,15-16H,12-14H2,1-4H3. The quantitative estimate of drug-likeness (QED) is 0.366. The number of pyridine rings is 1. The second-order valence-corrected chi connectivity index (χ2v) is 9.16. The van der Waals surface area contributed by atoms with Gasteiger partial charge in [0.25, 0.3) is 0 Å². The molecular weight excluding hydrogens is 469 g/mol. The predicted molar refractivity (Wildman–Crippen MR) is 131 cm³/mol. The molecular formula is C26H27F3N6O. The van der Waals surface area contributed by atoms with E-state index in [1.165, 1.54) is 4.57 Å². The van der Waals surface area contributed by atoms with Crippen LogP contribution in [0.3, 0.4) is 0 Å². The molecule has 10 heteroatoms. The highest BCUT2D eigenvalue weighted by molar-refractivity contribution is 5.69. The molecule has 0 radical (unpaired) electrons. The molecule has 4 heterocycles. The molecule has 0 saturated heterocycles. The minimum Gasteiger partial charge on any atom is -0.474 e. The number of ether oxygens (including phenoxy) is 1. The Kier molecular flexibility index (Phi) is 5.97. The third-order valence-electron chi connectivity index (χ3n) is 6.23. The van der Waals surface area contributed by atoms with Gasteiger partial charge >= 0.3 is 6.18 Å². The molecule has 0 spiro atoms. The van der Waals surface area contributed by atoms with Crippen LogP contribution in [0, 0.1) is 6.92 Å². The van der Waals surface area contributed by atoms with Crippen LogP contribution >= 0.6 is 0 Å². The zero-order chi connectivity index (χ0) is 25.6. The number of hydrogen-bond acceptors (Lipinski definition) is 5. The molecule has 0 amide bonds. The third-order valence-corrected chi connectivity index (χ3v) is 6.23. The number of hydrogen-bond donors (Lipinski definition) is 0. The van der Waals surface area contributed by atoms with Crippen molar-refractivity contribution in [3.63, 3.8) is 0 Å². The second kappa shape index (κ2) is 9.00. The fourth-order valence-electron chi connectivity index (χ4n) is 4.56. The maximum Gasteiger partial charge on any atom is 0.434 e. The predicted octanol–water partition coefficient (Wildman–Crippen LogP) is 5.48. The molecule has 0 N–H and O–H groups in total. The number of fused-ring (bicyclic) bond motifs is 1. The summed E-state index contributed by atoms with van der Waals surface area (Å²) in [7, 11) is 1.57. The van der Waals surface area contributed by atoms with Gasteiger partial charge in [0.15, 0.2) is 5.69 Å². The molecule has 0 bridgehead atoms. The molecule has 1 aromatic carbocycles. The van der Waals surface area contributed by atoms with Crippen LogP contribution in [0.5, 0.6) is 5.88 Å². The van der Waals surface area contributed by atoms with Gasteiger partial charge in [0, 0.05) is 43.8 Å². The minimum absolute atomic E-state index is 0.0147. The number of halogens is 3. The Bertz CT molecular complexity index is 1390. The van der Waals surface area contributed by atoms with Gasteiger partial charge < -0.3 is 18.8 Å². The maximum atomic E-state index is 13.1. The van der Waals surface area contributed by atoms with Gasteiger partial charge in [-0.05, 0) is 57.2 Å². The van der Waals surface area contributed by atoms with Gasteiger partial charge in [-0.3, -0.25) is 0 Å². The van der Waals surface area contributed by atoms with Gasteiger partial charge in [-0.25, -0.2) is 15.0 Å². The molecule has 0 saturated carbocycles. The Labute approximate surface area is 207 Å². The number of anilines is 1. The van der Waals surface area contributed by atoms with E-state index in [1.807, 2.05) is 57.2 Å². The molecule has 7 nitrogen and oxygen atoms in total. The SMILES string of the molecule is Cc1nc(-c2cccnc2OC(C)C)c2n1CCN(c1ccc(-c3nc(C(F)(F)F)cn3C)cc1)C2. The van der Waals surface area contributed by atoms with Crippen LogP contribution in [0.2, 0.25) is 0 Å². The lowest BCUT2D eigenvalue weighted by Gasteiger charge is -2.31. The monoisotopic (exact) mass is 496 g/mol. The van der Waals surface area contributed by atoms with Gasteiger partial charge in [-0.15, -0.1) is 0 Å². The fourth-order valence-corrected chi connectivity index (χ4v) is 4.56. The van der Waals surface area contributed by atoms with Crippen LogP contribution in [-0.2, 0) is 26.3 Å². The van der Waals surface area contributed by atoms with Crippen LogP contribution in [0.1, 0.15) is 31.1 Å². The van der Waals surface area contributed by atoms with Crippen molar-refractivity contribution in [2.75, 3.05) is 11.4 Å². The summed E-state index contributed by atoms with van der Waals surface area (Å²) in [5, 5.41) is 0. The lowest BCUT2D eigenvalue weighted by atomic mass is 10.1. The molecule has 5 rings (SSSR count). The number of aromatic nitrogens is 5. The number of alkyl halides is 3. The van der Waals surface area contributed by atoms with Crippen LogP contribution in [0.4, 0.5) is 18.9 Å². The Hall–Kier alpha value is -3.82. The first-order chi connectivity index (χ1) is 17.1. The van der Waals surface area contributed by atoms with Crippen molar-refractivity contribution in [1.82, 2.24) is 24.1 Å². The summed E-state index contributed by atoms with van der Waals surface area (Å²) in [4.78, 5) is 15.3. The summed E-state index contributed by atoms with van der Waals surface area (Å²) in [6.45, 7) is 8.11. The molecule has 0 aliphatic carbocycles. The van der Waals surface area contributed by atoms with Gasteiger partial charge in [-0.2, -0.15) is 13.2 Å². The zero-order valence-electron chi connectivity index (χ0n) is 20.5. The Morgan fingerprint density at radius 1 is 1.03 bits per heavy atom. The highest BCUT2D eigenvalue weighted by Crippen LogP contribution is 2.35. The van der Waals surface area contributed by atoms with Crippen molar-refractivity contribution < 1.29 is 17.9 Å². The molecule has 0 atom stereocenters. The molecule has 3 aromatic heterocycles. The van der Waals surface area contributed by atoms with Crippen LogP contribution < -0.4 is 9.64 Å². The average molecular weight is 497 g/mol. The highest BCUT2D eigenvalue weighted by atomic mass is 19.4. The molecule has 1 aliphatic heterocycles. The Morgan fingerprint density at radius 3 is 2.44 bits per heavy atom. The fraction of sp³-hybridized carbons (Fsp3) is 0.346. The number of benzene rings is 1. The topological polar surface area (TPSA) is 61.0 Å². The number of rotatable bonds is 5.